The number of carbonyl (C=O) groups is 1. The summed E-state index contributed by atoms with van der Waals surface area (Å²) in [6.45, 7) is 1.63. The molecule has 3 N–H and O–H groups in total. The first-order valence-corrected chi connectivity index (χ1v) is 7.25. The van der Waals surface area contributed by atoms with Crippen LogP contribution in [0.25, 0.3) is 0 Å². The Morgan fingerprint density at radius 2 is 2.00 bits per heavy atom. The summed E-state index contributed by atoms with van der Waals surface area (Å²) >= 11 is 5.12. The maximum Gasteiger partial charge on any atom is 0.255 e. The van der Waals surface area contributed by atoms with Gasteiger partial charge in [-0.1, -0.05) is 43.6 Å². The molecule has 1 aliphatic carbocycles. The summed E-state index contributed by atoms with van der Waals surface area (Å²) in [6, 6.07) is 4.78. The van der Waals surface area contributed by atoms with Crippen molar-refractivity contribution in [2.45, 2.75) is 44.6 Å². The van der Waals surface area contributed by atoms with Gasteiger partial charge >= 0.3 is 0 Å². The summed E-state index contributed by atoms with van der Waals surface area (Å²) in [6.07, 6.45) is 4.49. The van der Waals surface area contributed by atoms with Crippen LogP contribution >= 0.6 is 12.2 Å². The molecule has 1 aliphatic rings. The summed E-state index contributed by atoms with van der Waals surface area (Å²) in [7, 11) is 0. The van der Waals surface area contributed by atoms with Gasteiger partial charge in [-0.25, -0.2) is 4.39 Å². The summed E-state index contributed by atoms with van der Waals surface area (Å²) in [5, 5.41) is 2.87. The fourth-order valence-electron chi connectivity index (χ4n) is 2.70. The number of thiocarbonyl (C=S) groups is 1. The third-order valence-electron chi connectivity index (χ3n) is 3.97. The van der Waals surface area contributed by atoms with Gasteiger partial charge in [0, 0.05) is 0 Å². The number of nitrogens with two attached hydrogens (primary N) is 1. The van der Waals surface area contributed by atoms with E-state index in [1.54, 1.807) is 19.1 Å². The van der Waals surface area contributed by atoms with Crippen LogP contribution in [-0.4, -0.2) is 16.4 Å². The second-order valence-electron chi connectivity index (χ2n) is 5.40. The Labute approximate surface area is 123 Å². The maximum atomic E-state index is 14.0. The lowest BCUT2D eigenvalue weighted by Gasteiger charge is -2.37. The first kappa shape index (κ1) is 14.9. The van der Waals surface area contributed by atoms with Crippen LogP contribution < -0.4 is 11.1 Å². The fraction of sp³-hybridized carbons (Fsp3) is 0.467. The van der Waals surface area contributed by atoms with Crippen molar-refractivity contribution in [3.8, 4) is 0 Å². The van der Waals surface area contributed by atoms with E-state index >= 15 is 0 Å². The lowest BCUT2D eigenvalue weighted by atomic mass is 9.81. The highest BCUT2D eigenvalue weighted by atomic mass is 32.1. The lowest BCUT2D eigenvalue weighted by Crippen LogP contribution is -2.57. The van der Waals surface area contributed by atoms with E-state index in [0.29, 0.717) is 10.6 Å². The third kappa shape index (κ3) is 2.82. The molecule has 0 aliphatic heterocycles. The van der Waals surface area contributed by atoms with Gasteiger partial charge < -0.3 is 11.1 Å². The van der Waals surface area contributed by atoms with Crippen LogP contribution in [0.1, 0.15) is 48.0 Å². The number of halogens is 1. The van der Waals surface area contributed by atoms with Crippen molar-refractivity contribution >= 4 is 23.1 Å². The standard InChI is InChI=1S/C15H19FN2OS/c1-10-6-5-7-11(12(10)16)13(19)18-15(14(17)20)8-3-2-4-9-15/h5-7H,2-4,8-9H2,1H3,(H2,17,20)(H,18,19). The van der Waals surface area contributed by atoms with Gasteiger partial charge in [0.1, 0.15) is 5.82 Å². The summed E-state index contributed by atoms with van der Waals surface area (Å²) in [5.74, 6) is -0.931. The quantitative estimate of drug-likeness (QED) is 0.843. The zero-order valence-electron chi connectivity index (χ0n) is 11.5. The van der Waals surface area contributed by atoms with Crippen LogP contribution in [0.4, 0.5) is 4.39 Å². The van der Waals surface area contributed by atoms with E-state index < -0.39 is 17.3 Å². The number of rotatable bonds is 3. The molecule has 0 aromatic heterocycles. The van der Waals surface area contributed by atoms with Crippen molar-refractivity contribution in [3.63, 3.8) is 0 Å². The minimum Gasteiger partial charge on any atom is -0.391 e. The SMILES string of the molecule is Cc1cccc(C(=O)NC2(C(N)=S)CCCCC2)c1F. The summed E-state index contributed by atoms with van der Waals surface area (Å²) < 4.78 is 14.0. The molecule has 1 saturated carbocycles. The van der Waals surface area contributed by atoms with Gasteiger partial charge in [-0.15, -0.1) is 0 Å². The summed E-state index contributed by atoms with van der Waals surface area (Å²) in [4.78, 5) is 12.6. The molecule has 5 heteroatoms. The molecule has 1 amide bonds. The molecule has 0 saturated heterocycles. The fourth-order valence-corrected chi connectivity index (χ4v) is 2.95. The third-order valence-corrected chi connectivity index (χ3v) is 4.36. The Kier molecular flexibility index (Phi) is 4.38. The minimum atomic E-state index is -0.666. The van der Waals surface area contributed by atoms with E-state index in [9.17, 15) is 9.18 Å². The number of benzene rings is 1. The van der Waals surface area contributed by atoms with E-state index in [1.165, 1.54) is 6.07 Å². The first-order valence-electron chi connectivity index (χ1n) is 6.84. The minimum absolute atomic E-state index is 0.0474. The number of hydrogen-bond donors (Lipinski definition) is 2. The zero-order chi connectivity index (χ0) is 14.8. The molecule has 1 aromatic carbocycles. The highest BCUT2D eigenvalue weighted by Crippen LogP contribution is 2.29. The van der Waals surface area contributed by atoms with Crippen molar-refractivity contribution in [2.24, 2.45) is 5.73 Å². The van der Waals surface area contributed by atoms with E-state index in [4.69, 9.17) is 18.0 Å². The van der Waals surface area contributed by atoms with E-state index in [2.05, 4.69) is 5.32 Å². The monoisotopic (exact) mass is 294 g/mol. The lowest BCUT2D eigenvalue weighted by molar-refractivity contribution is 0.0904. The van der Waals surface area contributed by atoms with Gasteiger partial charge in [-0.2, -0.15) is 0 Å². The molecule has 20 heavy (non-hydrogen) atoms. The van der Waals surface area contributed by atoms with Crippen molar-refractivity contribution < 1.29 is 9.18 Å². The Hall–Kier alpha value is -1.49. The second-order valence-corrected chi connectivity index (χ2v) is 5.84. The Morgan fingerprint density at radius 3 is 2.60 bits per heavy atom. The number of amides is 1. The topological polar surface area (TPSA) is 55.1 Å². The van der Waals surface area contributed by atoms with Gasteiger partial charge in [0.15, 0.2) is 0 Å². The molecule has 1 aromatic rings. The predicted molar refractivity (Wildman–Crippen MR) is 81.2 cm³/mol. The van der Waals surface area contributed by atoms with Crippen LogP contribution in [0.3, 0.4) is 0 Å². The van der Waals surface area contributed by atoms with E-state index in [1.807, 2.05) is 0 Å². The highest BCUT2D eigenvalue weighted by molar-refractivity contribution is 7.80. The molecule has 0 heterocycles. The van der Waals surface area contributed by atoms with Crippen molar-refractivity contribution in [3.05, 3.63) is 35.1 Å². The average molecular weight is 294 g/mol. The van der Waals surface area contributed by atoms with Gasteiger partial charge in [-0.3, -0.25) is 4.79 Å². The van der Waals surface area contributed by atoms with Gasteiger partial charge in [0.25, 0.3) is 5.91 Å². The second kappa shape index (κ2) is 5.87. The van der Waals surface area contributed by atoms with Crippen molar-refractivity contribution in [2.75, 3.05) is 0 Å². The molecular formula is C15H19FN2OS. The molecule has 2 rings (SSSR count). The van der Waals surface area contributed by atoms with Crippen molar-refractivity contribution in [1.82, 2.24) is 5.32 Å². The average Bonchev–Trinajstić information content (AvgIpc) is 2.42. The Balaban J connectivity index is 2.25. The van der Waals surface area contributed by atoms with E-state index in [-0.39, 0.29) is 5.56 Å². The molecule has 0 atom stereocenters. The largest absolute Gasteiger partial charge is 0.391 e. The van der Waals surface area contributed by atoms with Crippen LogP contribution in [0.2, 0.25) is 0 Å². The van der Waals surface area contributed by atoms with Crippen molar-refractivity contribution in [1.29, 1.82) is 0 Å². The maximum absolute atomic E-state index is 14.0. The van der Waals surface area contributed by atoms with Gasteiger partial charge in [0.2, 0.25) is 0 Å². The Bertz CT molecular complexity index is 539. The molecule has 0 unspecified atom stereocenters. The molecule has 0 bridgehead atoms. The predicted octanol–water partition coefficient (Wildman–Crippen LogP) is 2.85. The molecule has 0 radical (unpaired) electrons. The van der Waals surface area contributed by atoms with Crippen LogP contribution in [0.15, 0.2) is 18.2 Å². The number of nitrogens with one attached hydrogen (secondary N) is 1. The molecular weight excluding hydrogens is 275 g/mol. The normalized spacial score (nSPS) is 17.5. The first-order chi connectivity index (χ1) is 9.46. The molecule has 108 valence electrons. The molecule has 0 spiro atoms. The zero-order valence-corrected chi connectivity index (χ0v) is 12.4. The smallest absolute Gasteiger partial charge is 0.255 e. The van der Waals surface area contributed by atoms with Crippen LogP contribution in [-0.2, 0) is 0 Å². The van der Waals surface area contributed by atoms with Crippen LogP contribution in [0, 0.1) is 12.7 Å². The number of hydrogen-bond acceptors (Lipinski definition) is 2. The molecule has 1 fully saturated rings. The van der Waals surface area contributed by atoms with E-state index in [0.717, 1.165) is 32.1 Å². The van der Waals surface area contributed by atoms with Gasteiger partial charge in [-0.05, 0) is 31.4 Å². The van der Waals surface area contributed by atoms with Crippen LogP contribution in [0.5, 0.6) is 0 Å². The summed E-state index contributed by atoms with van der Waals surface area (Å²) in [5.41, 5.74) is 5.65. The molecule has 3 nitrogen and oxygen atoms in total. The van der Waals surface area contributed by atoms with Gasteiger partial charge in [0.05, 0.1) is 16.1 Å². The number of aryl methyl sites for hydroxylation is 1. The highest BCUT2D eigenvalue weighted by Gasteiger charge is 2.37. The number of carbonyl (C=O) groups excluding carboxylic acids is 1. The Morgan fingerprint density at radius 1 is 1.35 bits per heavy atom.